The first-order chi connectivity index (χ1) is 32.5. The molecule has 0 aliphatic heterocycles. The van der Waals surface area contributed by atoms with Crippen LogP contribution in [0.3, 0.4) is 0 Å². The average molecular weight is 909 g/mol. The lowest BCUT2D eigenvalue weighted by atomic mass is 10.1. The number of ether oxygens (including phenoxy) is 3. The number of carbonyl (C=O) groups excluding carboxylic acids is 3. The molecule has 0 aromatic carbocycles. The smallest absolute Gasteiger partial charge is 0.306 e. The van der Waals surface area contributed by atoms with E-state index < -0.39 is 6.10 Å². The van der Waals surface area contributed by atoms with Crippen molar-refractivity contribution in [2.24, 2.45) is 0 Å². The number of unbranched alkanes of at least 4 members (excludes halogenated alkanes) is 15. The summed E-state index contributed by atoms with van der Waals surface area (Å²) in [6.07, 6.45) is 75.3. The number of hydrogen-bond donors (Lipinski definition) is 0. The van der Waals surface area contributed by atoms with E-state index in [-0.39, 0.29) is 37.5 Å². The highest BCUT2D eigenvalue weighted by atomic mass is 16.6. The zero-order chi connectivity index (χ0) is 47.9. The zero-order valence-corrected chi connectivity index (χ0v) is 41.9. The fraction of sp³-hybridized carbons (Fsp3) is 0.550. The van der Waals surface area contributed by atoms with Gasteiger partial charge in [-0.25, -0.2) is 0 Å². The minimum Gasteiger partial charge on any atom is -0.462 e. The van der Waals surface area contributed by atoms with E-state index in [0.717, 1.165) is 109 Å². The Balaban J connectivity index is 4.60. The Labute approximate surface area is 404 Å². The van der Waals surface area contributed by atoms with E-state index in [1.54, 1.807) is 0 Å². The van der Waals surface area contributed by atoms with Crippen LogP contribution in [0, 0.1) is 0 Å². The van der Waals surface area contributed by atoms with E-state index in [1.165, 1.54) is 32.1 Å². The standard InChI is InChI=1S/C60H92O6/c1-4-7-10-13-16-19-22-25-28-30-33-35-38-41-44-47-50-53-59(62)65-56-57(55-64-58(61)52-49-46-43-40-37-34-31-27-24-21-18-15-12-9-6-3)66-60(63)54-51-48-45-42-39-36-32-29-26-23-20-17-14-11-8-5-2/h7-8,10-11,13,16-22,24-30,33,35-36,38-39,57H,4-6,9,12,14-15,23,31-32,34,37,40-56H2,1-3H3/b10-7-,11-8-,16-13-,20-17-,21-18-,22-19-,27-24-,28-25-,29-26-,33-30+,38-35-,39-36-. The van der Waals surface area contributed by atoms with E-state index in [9.17, 15) is 14.4 Å². The Morgan fingerprint density at radius 2 is 0.667 bits per heavy atom. The minimum atomic E-state index is -0.825. The molecular weight excluding hydrogens is 817 g/mol. The maximum absolute atomic E-state index is 12.8. The monoisotopic (exact) mass is 909 g/mol. The van der Waals surface area contributed by atoms with Gasteiger partial charge in [-0.15, -0.1) is 0 Å². The van der Waals surface area contributed by atoms with E-state index in [0.29, 0.717) is 25.7 Å². The summed E-state index contributed by atoms with van der Waals surface area (Å²) in [5.74, 6) is -1.02. The highest BCUT2D eigenvalue weighted by Gasteiger charge is 2.19. The number of carbonyl (C=O) groups is 3. The summed E-state index contributed by atoms with van der Waals surface area (Å²) in [6, 6.07) is 0. The molecule has 0 heterocycles. The van der Waals surface area contributed by atoms with Crippen molar-refractivity contribution in [1.82, 2.24) is 0 Å². The molecule has 1 unspecified atom stereocenters. The molecule has 6 nitrogen and oxygen atoms in total. The van der Waals surface area contributed by atoms with Crippen LogP contribution >= 0.6 is 0 Å². The fourth-order valence-corrected chi connectivity index (χ4v) is 6.39. The number of allylic oxidation sites excluding steroid dienone is 24. The van der Waals surface area contributed by atoms with Gasteiger partial charge in [-0.2, -0.15) is 0 Å². The largest absolute Gasteiger partial charge is 0.462 e. The molecule has 0 spiro atoms. The van der Waals surface area contributed by atoms with Crippen LogP contribution in [0.25, 0.3) is 0 Å². The summed E-state index contributed by atoms with van der Waals surface area (Å²) >= 11 is 0. The number of esters is 3. The molecule has 0 aromatic heterocycles. The average Bonchev–Trinajstić information content (AvgIpc) is 3.31. The Bertz CT molecular complexity index is 1510. The van der Waals surface area contributed by atoms with Crippen molar-refractivity contribution in [3.8, 4) is 0 Å². The fourth-order valence-electron chi connectivity index (χ4n) is 6.39. The lowest BCUT2D eigenvalue weighted by molar-refractivity contribution is -0.167. The maximum Gasteiger partial charge on any atom is 0.306 e. The van der Waals surface area contributed by atoms with Gasteiger partial charge in [0.05, 0.1) is 0 Å². The molecule has 0 saturated heterocycles. The van der Waals surface area contributed by atoms with Gasteiger partial charge >= 0.3 is 17.9 Å². The molecule has 0 amide bonds. The predicted molar refractivity (Wildman–Crippen MR) is 283 cm³/mol. The third-order valence-electron chi connectivity index (χ3n) is 10.2. The Morgan fingerprint density at radius 3 is 1.14 bits per heavy atom. The first-order valence-corrected chi connectivity index (χ1v) is 25.9. The second kappa shape index (κ2) is 52.9. The highest BCUT2D eigenvalue weighted by molar-refractivity contribution is 5.71. The molecule has 0 aliphatic rings. The normalized spacial score (nSPS) is 13.3. The van der Waals surface area contributed by atoms with E-state index >= 15 is 0 Å². The SMILES string of the molecule is CC\C=C/C=C\C=C/C=C\C=C\C=C/CCCCCC(=O)OCC(COC(=O)CCCCCCCC/C=C\C=C/CCCCC)OC(=O)CCCCC/C=C\C/C=C\C/C=C\C/C=C\CC. The first kappa shape index (κ1) is 61.3. The third-order valence-corrected chi connectivity index (χ3v) is 10.2. The molecule has 0 N–H and O–H groups in total. The maximum atomic E-state index is 12.8. The third kappa shape index (κ3) is 50.3. The predicted octanol–water partition coefficient (Wildman–Crippen LogP) is 17.3. The summed E-state index contributed by atoms with van der Waals surface area (Å²) in [7, 11) is 0. The lowest BCUT2D eigenvalue weighted by Gasteiger charge is -2.18. The Kier molecular flexibility index (Phi) is 49.1. The molecule has 0 rings (SSSR count). The first-order valence-electron chi connectivity index (χ1n) is 25.9. The summed E-state index contributed by atoms with van der Waals surface area (Å²) < 4.78 is 16.7. The summed E-state index contributed by atoms with van der Waals surface area (Å²) in [6.45, 7) is 6.25. The van der Waals surface area contributed by atoms with Gasteiger partial charge in [0.25, 0.3) is 0 Å². The van der Waals surface area contributed by atoms with Crippen molar-refractivity contribution >= 4 is 17.9 Å². The van der Waals surface area contributed by atoms with Crippen LogP contribution in [0.15, 0.2) is 146 Å². The molecule has 1 atom stereocenters. The molecule has 6 heteroatoms. The van der Waals surface area contributed by atoms with Crippen molar-refractivity contribution in [3.63, 3.8) is 0 Å². The van der Waals surface area contributed by atoms with Crippen LogP contribution in [-0.4, -0.2) is 37.2 Å². The Morgan fingerprint density at radius 1 is 0.333 bits per heavy atom. The van der Waals surface area contributed by atoms with Crippen LogP contribution in [0.1, 0.15) is 194 Å². The van der Waals surface area contributed by atoms with E-state index in [1.807, 2.05) is 60.8 Å². The lowest BCUT2D eigenvalue weighted by Crippen LogP contribution is -2.30. The number of hydrogen-bond acceptors (Lipinski definition) is 6. The van der Waals surface area contributed by atoms with Gasteiger partial charge in [-0.05, 0) is 103 Å². The summed E-state index contributed by atoms with van der Waals surface area (Å²) in [5, 5.41) is 0. The van der Waals surface area contributed by atoms with Crippen LogP contribution < -0.4 is 0 Å². The van der Waals surface area contributed by atoms with Gasteiger partial charge in [0, 0.05) is 19.3 Å². The molecule has 0 aliphatic carbocycles. The van der Waals surface area contributed by atoms with Crippen molar-refractivity contribution in [1.29, 1.82) is 0 Å². The second-order valence-corrected chi connectivity index (χ2v) is 16.5. The van der Waals surface area contributed by atoms with Crippen molar-refractivity contribution in [2.45, 2.75) is 200 Å². The second-order valence-electron chi connectivity index (χ2n) is 16.5. The van der Waals surface area contributed by atoms with Gasteiger partial charge < -0.3 is 14.2 Å². The van der Waals surface area contributed by atoms with Crippen molar-refractivity contribution in [3.05, 3.63) is 146 Å². The molecule has 0 bridgehead atoms. The van der Waals surface area contributed by atoms with E-state index in [4.69, 9.17) is 14.2 Å². The molecule has 0 radical (unpaired) electrons. The van der Waals surface area contributed by atoms with E-state index in [2.05, 4.69) is 106 Å². The molecule has 66 heavy (non-hydrogen) atoms. The minimum absolute atomic E-state index is 0.118. The molecule has 368 valence electrons. The number of rotatable bonds is 44. The molecule has 0 saturated carbocycles. The summed E-state index contributed by atoms with van der Waals surface area (Å²) in [5.41, 5.74) is 0. The van der Waals surface area contributed by atoms with Crippen LogP contribution in [-0.2, 0) is 28.6 Å². The van der Waals surface area contributed by atoms with Crippen LogP contribution in [0.4, 0.5) is 0 Å². The zero-order valence-electron chi connectivity index (χ0n) is 41.9. The Hall–Kier alpha value is -4.71. The molecular formula is C60H92O6. The summed E-state index contributed by atoms with van der Waals surface area (Å²) in [4.78, 5) is 38.0. The van der Waals surface area contributed by atoms with Crippen LogP contribution in [0.5, 0.6) is 0 Å². The van der Waals surface area contributed by atoms with Gasteiger partial charge in [0.15, 0.2) is 6.10 Å². The van der Waals surface area contributed by atoms with Crippen LogP contribution in [0.2, 0.25) is 0 Å². The molecule has 0 fully saturated rings. The molecule has 0 aromatic rings. The van der Waals surface area contributed by atoms with Gasteiger partial charge in [0.1, 0.15) is 13.2 Å². The van der Waals surface area contributed by atoms with Crippen molar-refractivity contribution in [2.75, 3.05) is 13.2 Å². The van der Waals surface area contributed by atoms with Gasteiger partial charge in [-0.1, -0.05) is 218 Å². The quantitative estimate of drug-likeness (QED) is 0.0199. The highest BCUT2D eigenvalue weighted by Crippen LogP contribution is 2.12. The van der Waals surface area contributed by atoms with Crippen molar-refractivity contribution < 1.29 is 28.6 Å². The topological polar surface area (TPSA) is 78.9 Å². The van der Waals surface area contributed by atoms with Gasteiger partial charge in [0.2, 0.25) is 0 Å². The van der Waals surface area contributed by atoms with Gasteiger partial charge in [-0.3, -0.25) is 14.4 Å².